The number of aryl methyl sites for hydroxylation is 1. The van der Waals surface area contributed by atoms with E-state index in [0.717, 1.165) is 5.56 Å². The third-order valence-electron chi connectivity index (χ3n) is 4.07. The molecule has 1 N–H and O–H groups in total. The van der Waals surface area contributed by atoms with Crippen molar-refractivity contribution < 1.29 is 24.0 Å². The lowest BCUT2D eigenvalue weighted by molar-refractivity contribution is -0.385. The minimum atomic E-state index is -0.731. The highest BCUT2D eigenvalue weighted by Crippen LogP contribution is 2.25. The molecule has 0 spiro atoms. The first kappa shape index (κ1) is 20.5. The molecule has 0 fully saturated rings. The summed E-state index contributed by atoms with van der Waals surface area (Å²) in [5, 5.41) is 13.7. The number of rotatable bonds is 7. The average molecular weight is 406 g/mol. The van der Waals surface area contributed by atoms with Gasteiger partial charge in [0.05, 0.1) is 4.92 Å². The van der Waals surface area contributed by atoms with Crippen molar-refractivity contribution in [1.29, 1.82) is 0 Å². The monoisotopic (exact) mass is 406 g/mol. The Morgan fingerprint density at radius 2 is 1.63 bits per heavy atom. The van der Waals surface area contributed by atoms with Crippen LogP contribution in [0.4, 0.5) is 11.4 Å². The van der Waals surface area contributed by atoms with Crippen LogP contribution in [0.15, 0.2) is 72.8 Å². The highest BCUT2D eigenvalue weighted by Gasteiger charge is 2.16. The van der Waals surface area contributed by atoms with Gasteiger partial charge in [-0.1, -0.05) is 29.8 Å². The van der Waals surface area contributed by atoms with Gasteiger partial charge in [0.15, 0.2) is 12.4 Å². The van der Waals surface area contributed by atoms with E-state index in [9.17, 15) is 19.7 Å². The predicted molar refractivity (Wildman–Crippen MR) is 110 cm³/mol. The number of para-hydroxylation sites is 2. The molecule has 30 heavy (non-hydrogen) atoms. The van der Waals surface area contributed by atoms with Crippen LogP contribution in [0, 0.1) is 17.0 Å². The number of ether oxygens (including phenoxy) is 2. The van der Waals surface area contributed by atoms with Crippen molar-refractivity contribution in [3.05, 3.63) is 94.0 Å². The molecule has 0 saturated carbocycles. The van der Waals surface area contributed by atoms with Gasteiger partial charge >= 0.3 is 11.7 Å². The summed E-state index contributed by atoms with van der Waals surface area (Å²) in [5.41, 5.74) is 1.92. The molecule has 3 aromatic carbocycles. The predicted octanol–water partition coefficient (Wildman–Crippen LogP) is 4.14. The van der Waals surface area contributed by atoms with Gasteiger partial charge in [-0.05, 0) is 49.4 Å². The van der Waals surface area contributed by atoms with E-state index in [1.54, 1.807) is 18.2 Å². The molecule has 0 atom stereocenters. The lowest BCUT2D eigenvalue weighted by Gasteiger charge is -2.08. The van der Waals surface area contributed by atoms with Crippen molar-refractivity contribution in [1.82, 2.24) is 0 Å². The first-order valence-corrected chi connectivity index (χ1v) is 8.97. The maximum atomic E-state index is 12.3. The molecule has 3 aromatic rings. The van der Waals surface area contributed by atoms with Crippen molar-refractivity contribution >= 4 is 23.3 Å². The van der Waals surface area contributed by atoms with Crippen LogP contribution < -0.4 is 14.8 Å². The van der Waals surface area contributed by atoms with Crippen LogP contribution in [-0.2, 0) is 4.79 Å². The van der Waals surface area contributed by atoms with Crippen LogP contribution in [-0.4, -0.2) is 23.4 Å². The Kier molecular flexibility index (Phi) is 6.39. The number of nitro benzene ring substituents is 1. The van der Waals surface area contributed by atoms with Gasteiger partial charge in [0.2, 0.25) is 0 Å². The summed E-state index contributed by atoms with van der Waals surface area (Å²) in [7, 11) is 0. The van der Waals surface area contributed by atoms with Crippen LogP contribution in [0.1, 0.15) is 15.9 Å². The Bertz CT molecular complexity index is 1060. The SMILES string of the molecule is Cc1ccc(NC(=O)c2ccc(OC(=O)COc3ccccc3[N+](=O)[O-])cc2)cc1. The maximum Gasteiger partial charge on any atom is 0.349 e. The number of nitrogens with zero attached hydrogens (tertiary/aromatic N) is 1. The zero-order chi connectivity index (χ0) is 21.5. The number of benzene rings is 3. The number of carbonyl (C=O) groups excluding carboxylic acids is 2. The molecule has 0 aliphatic rings. The number of hydrogen-bond acceptors (Lipinski definition) is 6. The summed E-state index contributed by atoms with van der Waals surface area (Å²) < 4.78 is 10.3. The number of anilines is 1. The Labute approximate surface area is 172 Å². The number of hydrogen-bond donors (Lipinski definition) is 1. The van der Waals surface area contributed by atoms with Crippen molar-refractivity contribution in [2.75, 3.05) is 11.9 Å². The van der Waals surface area contributed by atoms with Crippen molar-refractivity contribution in [2.24, 2.45) is 0 Å². The topological polar surface area (TPSA) is 108 Å². The Hall–Kier alpha value is -4.20. The van der Waals surface area contributed by atoms with Gasteiger partial charge in [0.25, 0.3) is 5.91 Å². The Balaban J connectivity index is 1.55. The standard InChI is InChI=1S/C22H18N2O6/c1-15-6-10-17(11-7-15)23-22(26)16-8-12-18(13-9-16)30-21(25)14-29-20-5-3-2-4-19(20)24(27)28/h2-13H,14H2,1H3,(H,23,26). The molecule has 0 aliphatic heterocycles. The Morgan fingerprint density at radius 1 is 0.967 bits per heavy atom. The van der Waals surface area contributed by atoms with E-state index < -0.39 is 17.5 Å². The molecule has 0 aromatic heterocycles. The summed E-state index contributed by atoms with van der Waals surface area (Å²) in [6.45, 7) is 1.46. The van der Waals surface area contributed by atoms with Crippen molar-refractivity contribution in [3.8, 4) is 11.5 Å². The molecule has 0 unspecified atom stereocenters. The van der Waals surface area contributed by atoms with Gasteiger partial charge in [0.1, 0.15) is 5.75 Å². The molecule has 0 saturated heterocycles. The number of carbonyl (C=O) groups is 2. The van der Waals surface area contributed by atoms with Crippen LogP contribution in [0.25, 0.3) is 0 Å². The number of esters is 1. The zero-order valence-electron chi connectivity index (χ0n) is 16.0. The lowest BCUT2D eigenvalue weighted by Crippen LogP contribution is -2.18. The fourth-order valence-electron chi connectivity index (χ4n) is 2.54. The third kappa shape index (κ3) is 5.41. The molecule has 152 valence electrons. The fourth-order valence-corrected chi connectivity index (χ4v) is 2.54. The molecule has 0 aliphatic carbocycles. The molecule has 0 radical (unpaired) electrons. The zero-order valence-corrected chi connectivity index (χ0v) is 16.0. The normalized spacial score (nSPS) is 10.2. The summed E-state index contributed by atoms with van der Waals surface area (Å²) >= 11 is 0. The third-order valence-corrected chi connectivity index (χ3v) is 4.07. The molecule has 1 amide bonds. The minimum Gasteiger partial charge on any atom is -0.475 e. The van der Waals surface area contributed by atoms with E-state index in [2.05, 4.69) is 5.32 Å². The molecular weight excluding hydrogens is 388 g/mol. The largest absolute Gasteiger partial charge is 0.475 e. The molecule has 0 heterocycles. The van der Waals surface area contributed by atoms with E-state index in [0.29, 0.717) is 11.3 Å². The highest BCUT2D eigenvalue weighted by molar-refractivity contribution is 6.04. The number of nitrogens with one attached hydrogen (secondary N) is 1. The minimum absolute atomic E-state index is 0.0254. The number of nitro groups is 1. The summed E-state index contributed by atoms with van der Waals surface area (Å²) in [6.07, 6.45) is 0. The highest BCUT2D eigenvalue weighted by atomic mass is 16.6. The Morgan fingerprint density at radius 3 is 2.30 bits per heavy atom. The fraction of sp³-hybridized carbons (Fsp3) is 0.0909. The van der Waals surface area contributed by atoms with E-state index >= 15 is 0 Å². The summed E-state index contributed by atoms with van der Waals surface area (Å²) in [6, 6.07) is 19.1. The van der Waals surface area contributed by atoms with E-state index in [1.165, 1.54) is 42.5 Å². The molecule has 8 heteroatoms. The van der Waals surface area contributed by atoms with Gasteiger partial charge in [-0.15, -0.1) is 0 Å². The van der Waals surface area contributed by atoms with Crippen LogP contribution in [0.3, 0.4) is 0 Å². The molecule has 8 nitrogen and oxygen atoms in total. The van der Waals surface area contributed by atoms with Crippen LogP contribution >= 0.6 is 0 Å². The molecule has 0 bridgehead atoms. The van der Waals surface area contributed by atoms with Crippen molar-refractivity contribution in [2.45, 2.75) is 6.92 Å². The summed E-state index contributed by atoms with van der Waals surface area (Å²) in [4.78, 5) is 34.6. The number of amides is 1. The van der Waals surface area contributed by atoms with E-state index in [-0.39, 0.29) is 23.1 Å². The van der Waals surface area contributed by atoms with E-state index in [4.69, 9.17) is 9.47 Å². The van der Waals surface area contributed by atoms with Gasteiger partial charge in [-0.25, -0.2) is 4.79 Å². The summed E-state index contributed by atoms with van der Waals surface area (Å²) in [5.74, 6) is -0.831. The average Bonchev–Trinajstić information content (AvgIpc) is 2.74. The second-order valence-corrected chi connectivity index (χ2v) is 6.33. The van der Waals surface area contributed by atoms with Crippen LogP contribution in [0.5, 0.6) is 11.5 Å². The van der Waals surface area contributed by atoms with Gasteiger partial charge in [-0.3, -0.25) is 14.9 Å². The van der Waals surface area contributed by atoms with Crippen molar-refractivity contribution in [3.63, 3.8) is 0 Å². The second-order valence-electron chi connectivity index (χ2n) is 6.33. The lowest BCUT2D eigenvalue weighted by atomic mass is 10.2. The van der Waals surface area contributed by atoms with Gasteiger partial charge in [-0.2, -0.15) is 0 Å². The van der Waals surface area contributed by atoms with Crippen LogP contribution in [0.2, 0.25) is 0 Å². The quantitative estimate of drug-likeness (QED) is 0.273. The van der Waals surface area contributed by atoms with Gasteiger partial charge in [0, 0.05) is 17.3 Å². The second kappa shape index (κ2) is 9.33. The smallest absolute Gasteiger partial charge is 0.349 e. The molecule has 3 rings (SSSR count). The first-order valence-electron chi connectivity index (χ1n) is 8.97. The van der Waals surface area contributed by atoms with Gasteiger partial charge < -0.3 is 14.8 Å². The first-order chi connectivity index (χ1) is 14.4. The maximum absolute atomic E-state index is 12.3. The van der Waals surface area contributed by atoms with E-state index in [1.807, 2.05) is 19.1 Å². The molecular formula is C22H18N2O6.